The summed E-state index contributed by atoms with van der Waals surface area (Å²) >= 11 is 0. The van der Waals surface area contributed by atoms with Crippen LogP contribution in [0.1, 0.15) is 76.5 Å². The van der Waals surface area contributed by atoms with Gasteiger partial charge in [0.2, 0.25) is 0 Å². The average Bonchev–Trinajstić information content (AvgIpc) is 2.97. The number of hydrogen-bond acceptors (Lipinski definition) is 3. The van der Waals surface area contributed by atoms with E-state index in [1.54, 1.807) is 48.5 Å². The lowest BCUT2D eigenvalue weighted by molar-refractivity contribution is 0.0931. The first-order valence-electron chi connectivity index (χ1n) is 9.86. The van der Waals surface area contributed by atoms with Gasteiger partial charge in [-0.05, 0) is 68.3 Å². The monoisotopic (exact) mass is 378 g/mol. The van der Waals surface area contributed by atoms with Crippen LogP contribution >= 0.6 is 0 Å². The van der Waals surface area contributed by atoms with E-state index in [2.05, 4.69) is 10.6 Å². The van der Waals surface area contributed by atoms with E-state index < -0.39 is 0 Å². The molecule has 2 aromatic carbocycles. The van der Waals surface area contributed by atoms with Gasteiger partial charge in [0, 0.05) is 28.4 Å². The Hall–Kier alpha value is -2.95. The summed E-state index contributed by atoms with van der Waals surface area (Å²) in [6, 6.07) is 13.7. The molecule has 0 aliphatic heterocycles. The van der Waals surface area contributed by atoms with Gasteiger partial charge in [0.1, 0.15) is 0 Å². The Morgan fingerprint density at radius 1 is 0.714 bits per heavy atom. The molecule has 2 aromatic rings. The van der Waals surface area contributed by atoms with Crippen LogP contribution < -0.4 is 10.6 Å². The second-order valence-corrected chi connectivity index (χ2v) is 7.33. The molecule has 0 saturated heterocycles. The van der Waals surface area contributed by atoms with Gasteiger partial charge < -0.3 is 10.6 Å². The molecule has 0 aromatic heterocycles. The molecule has 0 spiro atoms. The number of carbonyl (C=O) groups is 3. The molecule has 1 aliphatic carbocycles. The molecule has 0 bridgehead atoms. The molecule has 2 N–H and O–H groups in total. The number of anilines is 1. The van der Waals surface area contributed by atoms with E-state index in [0.29, 0.717) is 22.4 Å². The fraction of sp³-hybridized carbons (Fsp3) is 0.348. The molecule has 0 heterocycles. The van der Waals surface area contributed by atoms with Crippen LogP contribution in [0.3, 0.4) is 0 Å². The maximum Gasteiger partial charge on any atom is 0.255 e. The second kappa shape index (κ2) is 9.31. The van der Waals surface area contributed by atoms with E-state index in [-0.39, 0.29) is 23.6 Å². The molecular formula is C23H26N2O3. The summed E-state index contributed by atoms with van der Waals surface area (Å²) in [6.07, 6.45) is 6.89. The Labute approximate surface area is 165 Å². The summed E-state index contributed by atoms with van der Waals surface area (Å²) in [6.45, 7) is 1.50. The van der Waals surface area contributed by atoms with Crippen molar-refractivity contribution >= 4 is 23.3 Å². The van der Waals surface area contributed by atoms with Crippen LogP contribution in [-0.2, 0) is 0 Å². The van der Waals surface area contributed by atoms with E-state index in [9.17, 15) is 14.4 Å². The zero-order valence-electron chi connectivity index (χ0n) is 16.2. The van der Waals surface area contributed by atoms with Gasteiger partial charge in [-0.2, -0.15) is 0 Å². The predicted molar refractivity (Wildman–Crippen MR) is 110 cm³/mol. The quantitative estimate of drug-likeness (QED) is 0.590. The van der Waals surface area contributed by atoms with E-state index in [0.717, 1.165) is 25.7 Å². The fourth-order valence-electron chi connectivity index (χ4n) is 3.46. The molecule has 0 radical (unpaired) electrons. The van der Waals surface area contributed by atoms with Crippen LogP contribution in [0, 0.1) is 0 Å². The number of nitrogens with one attached hydrogen (secondary N) is 2. The Kier molecular flexibility index (Phi) is 6.58. The van der Waals surface area contributed by atoms with Crippen LogP contribution in [0.15, 0.2) is 48.5 Å². The number of ketones is 1. The molecular weight excluding hydrogens is 352 g/mol. The molecule has 1 aliphatic rings. The van der Waals surface area contributed by atoms with Crippen LogP contribution in [0.25, 0.3) is 0 Å². The molecule has 28 heavy (non-hydrogen) atoms. The van der Waals surface area contributed by atoms with Crippen molar-refractivity contribution in [3.05, 3.63) is 65.2 Å². The van der Waals surface area contributed by atoms with Crippen molar-refractivity contribution in [2.45, 2.75) is 51.5 Å². The summed E-state index contributed by atoms with van der Waals surface area (Å²) < 4.78 is 0. The lowest BCUT2D eigenvalue weighted by Gasteiger charge is -2.16. The Morgan fingerprint density at radius 3 is 1.75 bits per heavy atom. The van der Waals surface area contributed by atoms with Crippen molar-refractivity contribution in [3.63, 3.8) is 0 Å². The summed E-state index contributed by atoms with van der Waals surface area (Å²) in [5.41, 5.74) is 2.25. The molecule has 0 unspecified atom stereocenters. The molecule has 5 heteroatoms. The van der Waals surface area contributed by atoms with Crippen molar-refractivity contribution in [2.75, 3.05) is 5.32 Å². The molecule has 146 valence electrons. The third kappa shape index (κ3) is 5.28. The van der Waals surface area contributed by atoms with E-state index in [4.69, 9.17) is 0 Å². The molecule has 5 nitrogen and oxygen atoms in total. The van der Waals surface area contributed by atoms with Gasteiger partial charge in [-0.1, -0.05) is 25.7 Å². The van der Waals surface area contributed by atoms with Gasteiger partial charge in [-0.3, -0.25) is 14.4 Å². The normalized spacial score (nSPS) is 14.8. The second-order valence-electron chi connectivity index (χ2n) is 7.33. The summed E-state index contributed by atoms with van der Waals surface area (Å²) in [5.74, 6) is -0.361. The largest absolute Gasteiger partial charge is 0.349 e. The summed E-state index contributed by atoms with van der Waals surface area (Å²) in [5, 5.41) is 5.91. The maximum absolute atomic E-state index is 12.4. The van der Waals surface area contributed by atoms with E-state index in [1.807, 2.05) is 0 Å². The van der Waals surface area contributed by atoms with Crippen LogP contribution in [-0.4, -0.2) is 23.6 Å². The van der Waals surface area contributed by atoms with Crippen LogP contribution in [0.4, 0.5) is 5.69 Å². The average molecular weight is 378 g/mol. The van der Waals surface area contributed by atoms with Crippen molar-refractivity contribution in [2.24, 2.45) is 0 Å². The molecule has 0 atom stereocenters. The first-order chi connectivity index (χ1) is 13.5. The van der Waals surface area contributed by atoms with Gasteiger partial charge >= 0.3 is 0 Å². The highest BCUT2D eigenvalue weighted by Crippen LogP contribution is 2.18. The van der Waals surface area contributed by atoms with Crippen molar-refractivity contribution in [1.29, 1.82) is 0 Å². The third-order valence-electron chi connectivity index (χ3n) is 5.15. The zero-order valence-corrected chi connectivity index (χ0v) is 16.2. The van der Waals surface area contributed by atoms with Crippen LogP contribution in [0.2, 0.25) is 0 Å². The Balaban J connectivity index is 1.58. The first-order valence-corrected chi connectivity index (χ1v) is 9.86. The smallest absolute Gasteiger partial charge is 0.255 e. The lowest BCUT2D eigenvalue weighted by atomic mass is 10.1. The Bertz CT molecular complexity index is 833. The maximum atomic E-state index is 12.4. The first kappa shape index (κ1) is 19.8. The minimum absolute atomic E-state index is 0.0180. The number of Topliss-reactive ketones (excluding diaryl/α,β-unsaturated/α-hetero) is 1. The fourth-order valence-corrected chi connectivity index (χ4v) is 3.46. The minimum Gasteiger partial charge on any atom is -0.349 e. The number of carbonyl (C=O) groups excluding carboxylic acids is 3. The summed E-state index contributed by atoms with van der Waals surface area (Å²) in [4.78, 5) is 36.1. The van der Waals surface area contributed by atoms with Crippen molar-refractivity contribution in [1.82, 2.24) is 5.32 Å². The zero-order chi connectivity index (χ0) is 19.9. The van der Waals surface area contributed by atoms with Gasteiger partial charge in [-0.25, -0.2) is 0 Å². The van der Waals surface area contributed by atoms with Gasteiger partial charge in [0.15, 0.2) is 5.78 Å². The SMILES string of the molecule is CC(=O)c1ccc(NC(=O)c2ccc(C(=O)NC3CCCCCC3)cc2)cc1. The van der Waals surface area contributed by atoms with E-state index in [1.165, 1.54) is 19.8 Å². The van der Waals surface area contributed by atoms with Gasteiger partial charge in [0.25, 0.3) is 11.8 Å². The molecule has 1 fully saturated rings. The number of hydrogen-bond donors (Lipinski definition) is 2. The molecule has 1 saturated carbocycles. The number of rotatable bonds is 5. The Morgan fingerprint density at radius 2 is 1.21 bits per heavy atom. The highest BCUT2D eigenvalue weighted by molar-refractivity contribution is 6.05. The lowest BCUT2D eigenvalue weighted by Crippen LogP contribution is -2.34. The van der Waals surface area contributed by atoms with Crippen molar-refractivity contribution < 1.29 is 14.4 Å². The summed E-state index contributed by atoms with van der Waals surface area (Å²) in [7, 11) is 0. The highest BCUT2D eigenvalue weighted by Gasteiger charge is 2.16. The van der Waals surface area contributed by atoms with E-state index >= 15 is 0 Å². The number of benzene rings is 2. The van der Waals surface area contributed by atoms with Crippen molar-refractivity contribution in [3.8, 4) is 0 Å². The predicted octanol–water partition coefficient (Wildman–Crippen LogP) is 4.59. The molecule has 3 rings (SSSR count). The number of amides is 2. The minimum atomic E-state index is -0.258. The molecule has 2 amide bonds. The van der Waals surface area contributed by atoms with Crippen LogP contribution in [0.5, 0.6) is 0 Å². The standard InChI is InChI=1S/C23H26N2O3/c1-16(26)17-12-14-21(15-13-17)25-23(28)19-10-8-18(9-11-19)22(27)24-20-6-4-2-3-5-7-20/h8-15,20H,2-7H2,1H3,(H,24,27)(H,25,28). The topological polar surface area (TPSA) is 75.3 Å². The highest BCUT2D eigenvalue weighted by atomic mass is 16.2. The third-order valence-corrected chi connectivity index (χ3v) is 5.15. The van der Waals surface area contributed by atoms with Gasteiger partial charge in [-0.15, -0.1) is 0 Å². The van der Waals surface area contributed by atoms with Gasteiger partial charge in [0.05, 0.1) is 0 Å².